The lowest BCUT2D eigenvalue weighted by atomic mass is 10.0. The molecule has 154 valence electrons. The summed E-state index contributed by atoms with van der Waals surface area (Å²) in [7, 11) is 0. The van der Waals surface area contributed by atoms with E-state index in [1.54, 1.807) is 12.4 Å². The van der Waals surface area contributed by atoms with Crippen molar-refractivity contribution in [1.29, 1.82) is 0 Å². The molecular weight excluding hydrogens is 400 g/mol. The molecule has 0 spiro atoms. The van der Waals surface area contributed by atoms with Crippen LogP contribution < -0.4 is 15.2 Å². The average Bonchev–Trinajstić information content (AvgIpc) is 3.39. The van der Waals surface area contributed by atoms with Gasteiger partial charge in [0.15, 0.2) is 11.9 Å². The van der Waals surface area contributed by atoms with Crippen LogP contribution in [0.1, 0.15) is 5.56 Å². The maximum atomic E-state index is 11.7. The monoisotopic (exact) mass is 419 g/mol. The number of carbonyl (C=O) groups is 1. The third-order valence-electron chi connectivity index (χ3n) is 5.72. The van der Waals surface area contributed by atoms with Crippen LogP contribution >= 0.6 is 0 Å². The van der Waals surface area contributed by atoms with Crippen molar-refractivity contribution in [2.24, 2.45) is 15.1 Å². The van der Waals surface area contributed by atoms with E-state index in [-0.39, 0.29) is 10.5 Å². The van der Waals surface area contributed by atoms with Crippen LogP contribution in [0.25, 0.3) is 11.1 Å². The largest absolute Gasteiger partial charge is 0.326 e. The van der Waals surface area contributed by atoms with Crippen molar-refractivity contribution in [3.63, 3.8) is 0 Å². The van der Waals surface area contributed by atoms with Gasteiger partial charge in [-0.3, -0.25) is 9.79 Å². The van der Waals surface area contributed by atoms with E-state index in [2.05, 4.69) is 39.9 Å². The fourth-order valence-corrected chi connectivity index (χ4v) is 4.26. The topological polar surface area (TPSA) is 78.2 Å². The number of rotatable bonds is 3. The number of amides is 1. The highest BCUT2D eigenvalue weighted by Crippen LogP contribution is 2.39. The molecule has 0 radical (unpaired) electrons. The van der Waals surface area contributed by atoms with Gasteiger partial charge >= 0.3 is 0 Å². The van der Waals surface area contributed by atoms with E-state index in [1.165, 1.54) is 0 Å². The van der Waals surface area contributed by atoms with Crippen molar-refractivity contribution >= 4 is 41.0 Å². The summed E-state index contributed by atoms with van der Waals surface area (Å²) >= 11 is 0. The smallest absolute Gasteiger partial charge is 0.287 e. The fraction of sp³-hybridized carbons (Fsp3) is 0.0400. The van der Waals surface area contributed by atoms with E-state index in [9.17, 15) is 4.79 Å². The van der Waals surface area contributed by atoms with Gasteiger partial charge in [0.25, 0.3) is 11.8 Å². The number of para-hydroxylation sites is 1. The highest BCUT2D eigenvalue weighted by atomic mass is 16.1. The molecule has 3 aromatic rings. The molecule has 6 rings (SSSR count). The van der Waals surface area contributed by atoms with Gasteiger partial charge in [-0.25, -0.2) is 0 Å². The maximum absolute atomic E-state index is 11.7. The molecule has 0 saturated heterocycles. The Hall–Kier alpha value is -4.36. The van der Waals surface area contributed by atoms with Crippen LogP contribution in [-0.4, -0.2) is 23.9 Å². The molecule has 0 fully saturated rings. The van der Waals surface area contributed by atoms with Gasteiger partial charge in [-0.2, -0.15) is 4.99 Å². The molecule has 0 aromatic heterocycles. The number of guanidine groups is 1. The lowest BCUT2D eigenvalue weighted by molar-refractivity contribution is -0.115. The van der Waals surface area contributed by atoms with Crippen molar-refractivity contribution in [1.82, 2.24) is 4.59 Å². The Morgan fingerprint density at radius 3 is 2.72 bits per heavy atom. The zero-order valence-corrected chi connectivity index (χ0v) is 17.1. The molecule has 3 aliphatic rings. The van der Waals surface area contributed by atoms with E-state index in [1.807, 2.05) is 54.7 Å². The van der Waals surface area contributed by atoms with E-state index in [4.69, 9.17) is 10.1 Å². The third kappa shape index (κ3) is 2.95. The summed E-state index contributed by atoms with van der Waals surface area (Å²) in [6.45, 7) is 0. The Morgan fingerprint density at radius 2 is 1.81 bits per heavy atom. The number of amidine groups is 1. The second-order valence-electron chi connectivity index (χ2n) is 7.76. The number of aliphatic imine (C=N–C) groups is 2. The Bertz CT molecular complexity index is 1370. The third-order valence-corrected chi connectivity index (χ3v) is 5.72. The van der Waals surface area contributed by atoms with Gasteiger partial charge in [-0.1, -0.05) is 47.1 Å². The van der Waals surface area contributed by atoms with Gasteiger partial charge in [-0.05, 0) is 40.5 Å². The van der Waals surface area contributed by atoms with Crippen LogP contribution in [0.15, 0.2) is 100 Å². The quantitative estimate of drug-likeness (QED) is 0.613. The molecule has 0 aliphatic carbocycles. The van der Waals surface area contributed by atoms with Crippen LogP contribution in [0.5, 0.6) is 0 Å². The molecule has 32 heavy (non-hydrogen) atoms. The Labute approximate surface area is 184 Å². The number of benzene rings is 3. The van der Waals surface area contributed by atoms with Gasteiger partial charge in [0, 0.05) is 23.0 Å². The zero-order chi connectivity index (χ0) is 21.5. The summed E-state index contributed by atoms with van der Waals surface area (Å²) in [6.07, 6.45) is 5.80. The van der Waals surface area contributed by atoms with Crippen LogP contribution in [0.2, 0.25) is 0 Å². The van der Waals surface area contributed by atoms with Gasteiger partial charge < -0.3 is 10.6 Å². The molecule has 0 bridgehead atoms. The Balaban J connectivity index is 1.42. The molecular formula is C25H19N6O+. The minimum absolute atomic E-state index is 0.0103. The normalized spacial score (nSPS) is 20.3. The van der Waals surface area contributed by atoms with Crippen LogP contribution in [-0.2, 0) is 11.2 Å². The van der Waals surface area contributed by atoms with E-state index >= 15 is 0 Å². The standard InChI is InChI=1S/C25H18N6O/c32-24-15-18-14-19(10-11-21(18)28-24)27-25-29-23-16-26-12-13-31(23,30-25)22-9-5-4-8-20(22)17-6-2-1-3-7-17/h1-14,16H,15H2,(H-,26,27,28,29,30,32)/p+1. The molecule has 0 saturated carbocycles. The first-order valence-corrected chi connectivity index (χ1v) is 10.4. The van der Waals surface area contributed by atoms with Crippen LogP contribution in [0.3, 0.4) is 0 Å². The molecule has 1 amide bonds. The van der Waals surface area contributed by atoms with Crippen molar-refractivity contribution in [2.75, 3.05) is 10.6 Å². The SMILES string of the molecule is O=C1Cc2cc(NC3=N[N+]4(c5ccccc5-c5ccccc5)C=CN=CC4=N3)ccc2N1. The summed E-state index contributed by atoms with van der Waals surface area (Å²) in [6, 6.07) is 24.2. The summed E-state index contributed by atoms with van der Waals surface area (Å²) in [5.74, 6) is 1.20. The summed E-state index contributed by atoms with van der Waals surface area (Å²) in [5, 5.41) is 11.1. The van der Waals surface area contributed by atoms with Gasteiger partial charge in [0.05, 0.1) is 12.6 Å². The molecule has 3 aliphatic heterocycles. The highest BCUT2D eigenvalue weighted by molar-refractivity contribution is 6.38. The number of hydrogen-bond acceptors (Lipinski definition) is 5. The average molecular weight is 419 g/mol. The van der Waals surface area contributed by atoms with Crippen molar-refractivity contribution < 1.29 is 4.79 Å². The van der Waals surface area contributed by atoms with E-state index in [0.29, 0.717) is 18.2 Å². The van der Waals surface area contributed by atoms with Gasteiger partial charge in [0.1, 0.15) is 6.21 Å². The first-order valence-electron chi connectivity index (χ1n) is 10.4. The molecule has 2 N–H and O–H groups in total. The van der Waals surface area contributed by atoms with Crippen LogP contribution in [0, 0.1) is 0 Å². The molecule has 1 atom stereocenters. The Kier molecular flexibility index (Phi) is 4.09. The number of fused-ring (bicyclic) bond motifs is 2. The molecule has 7 nitrogen and oxygen atoms in total. The zero-order valence-electron chi connectivity index (χ0n) is 17.1. The highest BCUT2D eigenvalue weighted by Gasteiger charge is 2.44. The molecule has 3 heterocycles. The number of anilines is 2. The molecule has 1 unspecified atom stereocenters. The first-order chi connectivity index (χ1) is 15.7. The maximum Gasteiger partial charge on any atom is 0.287 e. The molecule has 3 aromatic carbocycles. The fourth-order valence-electron chi connectivity index (χ4n) is 4.26. The number of hydrogen-bond donors (Lipinski definition) is 2. The van der Waals surface area contributed by atoms with Crippen molar-refractivity contribution in [3.05, 3.63) is 90.8 Å². The predicted octanol–water partition coefficient (Wildman–Crippen LogP) is 4.51. The minimum atomic E-state index is 0.0103. The summed E-state index contributed by atoms with van der Waals surface area (Å²) < 4.78 is 0.0991. The second-order valence-corrected chi connectivity index (χ2v) is 7.76. The van der Waals surface area contributed by atoms with E-state index < -0.39 is 0 Å². The predicted molar refractivity (Wildman–Crippen MR) is 129 cm³/mol. The lowest BCUT2D eigenvalue weighted by Crippen LogP contribution is -2.44. The Morgan fingerprint density at radius 1 is 0.969 bits per heavy atom. The van der Waals surface area contributed by atoms with Crippen LogP contribution in [0.4, 0.5) is 17.1 Å². The first kappa shape index (κ1) is 18.4. The number of nitrogens with zero attached hydrogens (tertiary/aromatic N) is 4. The number of carbonyl (C=O) groups excluding carboxylic acids is 1. The summed E-state index contributed by atoms with van der Waals surface area (Å²) in [4.78, 5) is 20.7. The minimum Gasteiger partial charge on any atom is -0.326 e. The number of quaternary nitrogens is 1. The number of nitrogens with one attached hydrogen (secondary N) is 2. The van der Waals surface area contributed by atoms with Crippen molar-refractivity contribution in [2.45, 2.75) is 6.42 Å². The van der Waals surface area contributed by atoms with Crippen molar-refractivity contribution in [3.8, 4) is 11.1 Å². The summed E-state index contributed by atoms with van der Waals surface area (Å²) in [5.41, 5.74) is 5.82. The lowest BCUT2D eigenvalue weighted by Gasteiger charge is -2.26. The van der Waals surface area contributed by atoms with Gasteiger partial charge in [0.2, 0.25) is 5.91 Å². The van der Waals surface area contributed by atoms with E-state index in [0.717, 1.165) is 33.8 Å². The molecule has 7 heteroatoms. The second kappa shape index (κ2) is 7.11. The van der Waals surface area contributed by atoms with Gasteiger partial charge in [-0.15, -0.1) is 0 Å².